The van der Waals surface area contributed by atoms with Crippen molar-refractivity contribution in [1.82, 2.24) is 9.97 Å². The van der Waals surface area contributed by atoms with Gasteiger partial charge in [-0.25, -0.2) is 4.98 Å². The number of thiazole rings is 1. The summed E-state index contributed by atoms with van der Waals surface area (Å²) in [4.78, 5) is 8.43. The van der Waals surface area contributed by atoms with Gasteiger partial charge < -0.3 is 0 Å². The highest BCUT2D eigenvalue weighted by molar-refractivity contribution is 9.11. The topological polar surface area (TPSA) is 25.8 Å². The molecular weight excluding hydrogens is 377 g/mol. The van der Waals surface area contributed by atoms with E-state index in [2.05, 4.69) is 25.9 Å². The first-order chi connectivity index (χ1) is 10.5. The number of hydrogen-bond acceptors (Lipinski definition) is 3. The highest BCUT2D eigenvalue weighted by Crippen LogP contribution is 2.39. The van der Waals surface area contributed by atoms with Gasteiger partial charge in [0.2, 0.25) is 0 Å². The summed E-state index contributed by atoms with van der Waals surface area (Å²) < 4.78 is 40.3. The number of alkyl halides is 3. The van der Waals surface area contributed by atoms with E-state index in [1.54, 1.807) is 23.6 Å². The van der Waals surface area contributed by atoms with Crippen molar-refractivity contribution in [2.24, 2.45) is 0 Å². The molecule has 0 radical (unpaired) electrons. The van der Waals surface area contributed by atoms with Gasteiger partial charge in [-0.05, 0) is 34.1 Å². The van der Waals surface area contributed by atoms with Crippen LogP contribution in [0.5, 0.6) is 0 Å². The van der Waals surface area contributed by atoms with Crippen molar-refractivity contribution in [1.29, 1.82) is 0 Å². The molecule has 0 N–H and O–H groups in total. The third-order valence-electron chi connectivity index (χ3n) is 3.05. The molecule has 0 unspecified atom stereocenters. The second-order valence-electron chi connectivity index (χ2n) is 4.43. The SMILES string of the molecule is FC(F)(F)c1ccccc1-c1ncccc1-c1csc(Br)n1. The van der Waals surface area contributed by atoms with Crippen LogP contribution < -0.4 is 0 Å². The van der Waals surface area contributed by atoms with E-state index in [4.69, 9.17) is 0 Å². The largest absolute Gasteiger partial charge is 0.417 e. The fraction of sp³-hybridized carbons (Fsp3) is 0.0667. The molecule has 0 bridgehead atoms. The van der Waals surface area contributed by atoms with Crippen LogP contribution in [0, 0.1) is 0 Å². The van der Waals surface area contributed by atoms with Gasteiger partial charge >= 0.3 is 6.18 Å². The van der Waals surface area contributed by atoms with E-state index < -0.39 is 11.7 Å². The van der Waals surface area contributed by atoms with Crippen molar-refractivity contribution in [3.8, 4) is 22.5 Å². The molecule has 0 amide bonds. The lowest BCUT2D eigenvalue weighted by molar-refractivity contribution is -0.137. The molecule has 0 fully saturated rings. The summed E-state index contributed by atoms with van der Waals surface area (Å²) in [6, 6.07) is 8.83. The molecular formula is C15H8BrF3N2S. The van der Waals surface area contributed by atoms with Gasteiger partial charge in [-0.15, -0.1) is 11.3 Å². The fourth-order valence-corrected chi connectivity index (χ4v) is 3.15. The van der Waals surface area contributed by atoms with Crippen LogP contribution >= 0.6 is 27.3 Å². The van der Waals surface area contributed by atoms with E-state index in [1.807, 2.05) is 0 Å². The zero-order valence-corrected chi connectivity index (χ0v) is 13.3. The van der Waals surface area contributed by atoms with Crippen LogP contribution in [0.15, 0.2) is 51.9 Å². The predicted octanol–water partition coefficient (Wildman–Crippen LogP) is 5.65. The Morgan fingerprint density at radius 1 is 1.00 bits per heavy atom. The summed E-state index contributed by atoms with van der Waals surface area (Å²) in [6.07, 6.45) is -2.96. The molecule has 2 nitrogen and oxygen atoms in total. The average Bonchev–Trinajstić information content (AvgIpc) is 2.93. The smallest absolute Gasteiger partial charge is 0.256 e. The van der Waals surface area contributed by atoms with Crippen molar-refractivity contribution in [2.45, 2.75) is 6.18 Å². The zero-order chi connectivity index (χ0) is 15.7. The number of nitrogens with zero attached hydrogens (tertiary/aromatic N) is 2. The summed E-state index contributed by atoms with van der Waals surface area (Å²) in [7, 11) is 0. The lowest BCUT2D eigenvalue weighted by Crippen LogP contribution is -2.07. The number of benzene rings is 1. The van der Waals surface area contributed by atoms with Crippen molar-refractivity contribution in [3.63, 3.8) is 0 Å². The van der Waals surface area contributed by atoms with E-state index in [0.29, 0.717) is 15.2 Å². The molecule has 3 aromatic rings. The molecule has 3 rings (SSSR count). The Morgan fingerprint density at radius 2 is 1.73 bits per heavy atom. The summed E-state index contributed by atoms with van der Waals surface area (Å²) in [5, 5.41) is 1.78. The Morgan fingerprint density at radius 3 is 2.41 bits per heavy atom. The van der Waals surface area contributed by atoms with Gasteiger partial charge in [0.1, 0.15) is 0 Å². The van der Waals surface area contributed by atoms with Crippen LogP contribution in [0.3, 0.4) is 0 Å². The van der Waals surface area contributed by atoms with E-state index in [9.17, 15) is 13.2 Å². The Labute approximate surface area is 136 Å². The third-order valence-corrected chi connectivity index (χ3v) is 4.41. The summed E-state index contributed by atoms with van der Waals surface area (Å²) in [5.74, 6) is 0. The maximum absolute atomic E-state index is 13.2. The first-order valence-corrected chi connectivity index (χ1v) is 7.87. The summed E-state index contributed by atoms with van der Waals surface area (Å²) >= 11 is 4.63. The molecule has 22 heavy (non-hydrogen) atoms. The molecule has 1 aromatic carbocycles. The molecule has 0 atom stereocenters. The number of rotatable bonds is 2. The summed E-state index contributed by atoms with van der Waals surface area (Å²) in [6.45, 7) is 0. The minimum Gasteiger partial charge on any atom is -0.256 e. The van der Waals surface area contributed by atoms with Crippen LogP contribution in [-0.2, 0) is 6.18 Å². The maximum atomic E-state index is 13.2. The molecule has 0 spiro atoms. The molecule has 0 aliphatic heterocycles. The molecule has 2 aromatic heterocycles. The zero-order valence-electron chi connectivity index (χ0n) is 10.9. The lowest BCUT2D eigenvalue weighted by atomic mass is 9.99. The Balaban J connectivity index is 2.23. The normalized spacial score (nSPS) is 11.6. The highest BCUT2D eigenvalue weighted by atomic mass is 79.9. The number of halogens is 4. The van der Waals surface area contributed by atoms with Crippen molar-refractivity contribution < 1.29 is 13.2 Å². The van der Waals surface area contributed by atoms with E-state index >= 15 is 0 Å². The number of aromatic nitrogens is 2. The second-order valence-corrected chi connectivity index (χ2v) is 6.56. The molecule has 2 heterocycles. The van der Waals surface area contributed by atoms with Crippen LogP contribution in [-0.4, -0.2) is 9.97 Å². The van der Waals surface area contributed by atoms with E-state index in [1.165, 1.54) is 29.7 Å². The highest BCUT2D eigenvalue weighted by Gasteiger charge is 2.34. The third kappa shape index (κ3) is 2.91. The van der Waals surface area contributed by atoms with Gasteiger partial charge in [-0.3, -0.25) is 4.98 Å². The van der Waals surface area contributed by atoms with Gasteiger partial charge in [0.05, 0.1) is 17.0 Å². The maximum Gasteiger partial charge on any atom is 0.417 e. The summed E-state index contributed by atoms with van der Waals surface area (Å²) in [5.41, 5.74) is 0.783. The lowest BCUT2D eigenvalue weighted by Gasteiger charge is -2.14. The van der Waals surface area contributed by atoms with E-state index in [0.717, 1.165) is 6.07 Å². The van der Waals surface area contributed by atoms with Gasteiger partial charge in [-0.2, -0.15) is 13.2 Å². The van der Waals surface area contributed by atoms with Gasteiger partial charge in [0.25, 0.3) is 0 Å². The monoisotopic (exact) mass is 384 g/mol. The van der Waals surface area contributed by atoms with Gasteiger partial charge in [0.15, 0.2) is 3.92 Å². The van der Waals surface area contributed by atoms with Crippen molar-refractivity contribution >= 4 is 27.3 Å². The first-order valence-electron chi connectivity index (χ1n) is 6.20. The molecule has 112 valence electrons. The number of hydrogen-bond donors (Lipinski definition) is 0. The minimum absolute atomic E-state index is 0.0507. The first kappa shape index (κ1) is 15.2. The molecule has 0 aliphatic carbocycles. The van der Waals surface area contributed by atoms with Crippen LogP contribution in [0.4, 0.5) is 13.2 Å². The fourth-order valence-electron chi connectivity index (χ4n) is 2.14. The molecule has 7 heteroatoms. The standard InChI is InChI=1S/C15H8BrF3N2S/c16-14-21-12(8-22-14)10-5-3-7-20-13(10)9-4-1-2-6-11(9)15(17,18)19/h1-8H. The Hall–Kier alpha value is -1.73. The molecule has 0 saturated heterocycles. The van der Waals surface area contributed by atoms with Gasteiger partial charge in [0, 0.05) is 22.7 Å². The van der Waals surface area contributed by atoms with Crippen LogP contribution in [0.1, 0.15) is 5.56 Å². The second kappa shape index (κ2) is 5.81. The minimum atomic E-state index is -4.44. The average molecular weight is 385 g/mol. The quantitative estimate of drug-likeness (QED) is 0.570. The molecule has 0 aliphatic rings. The van der Waals surface area contributed by atoms with Crippen molar-refractivity contribution in [3.05, 3.63) is 57.5 Å². The molecule has 0 saturated carbocycles. The Kier molecular flexibility index (Phi) is 4.01. The van der Waals surface area contributed by atoms with Crippen LogP contribution in [0.2, 0.25) is 0 Å². The van der Waals surface area contributed by atoms with E-state index in [-0.39, 0.29) is 11.3 Å². The van der Waals surface area contributed by atoms with Gasteiger partial charge in [-0.1, -0.05) is 18.2 Å². The van der Waals surface area contributed by atoms with Crippen LogP contribution in [0.25, 0.3) is 22.5 Å². The number of pyridine rings is 1. The Bertz CT molecular complexity index is 814. The predicted molar refractivity (Wildman–Crippen MR) is 83.5 cm³/mol. The van der Waals surface area contributed by atoms with Crippen molar-refractivity contribution in [2.75, 3.05) is 0 Å².